The number of carbonyl (C=O) groups excluding carboxylic acids is 1. The highest BCUT2D eigenvalue weighted by atomic mass is 79.9. The maximum absolute atomic E-state index is 13.4. The van der Waals surface area contributed by atoms with Gasteiger partial charge in [-0.1, -0.05) is 25.3 Å². The van der Waals surface area contributed by atoms with Crippen LogP contribution in [0.15, 0.2) is 22.7 Å². The highest BCUT2D eigenvalue weighted by Crippen LogP contribution is 2.36. The molecule has 1 aliphatic rings. The largest absolute Gasteiger partial charge is 0.481 e. The van der Waals surface area contributed by atoms with Gasteiger partial charge in [-0.05, 0) is 46.5 Å². The number of hydrogen-bond acceptors (Lipinski definition) is 2. The second-order valence-corrected chi connectivity index (χ2v) is 6.70. The molecule has 1 amide bonds. The number of hydrogen-bond donors (Lipinski definition) is 2. The van der Waals surface area contributed by atoms with Gasteiger partial charge in [0.2, 0.25) is 5.91 Å². The normalized spacial score (nSPS) is 17.0. The van der Waals surface area contributed by atoms with Gasteiger partial charge in [0.05, 0.1) is 16.3 Å². The van der Waals surface area contributed by atoms with E-state index in [9.17, 15) is 19.1 Å². The van der Waals surface area contributed by atoms with Crippen LogP contribution in [0.2, 0.25) is 0 Å². The van der Waals surface area contributed by atoms with Crippen molar-refractivity contribution in [1.82, 2.24) is 5.32 Å². The lowest BCUT2D eigenvalue weighted by molar-refractivity contribution is -0.151. The van der Waals surface area contributed by atoms with E-state index < -0.39 is 17.2 Å². The molecule has 1 aromatic rings. The average Bonchev–Trinajstić information content (AvgIpc) is 2.50. The maximum Gasteiger partial charge on any atom is 0.311 e. The minimum Gasteiger partial charge on any atom is -0.481 e. The van der Waals surface area contributed by atoms with E-state index in [2.05, 4.69) is 21.2 Å². The number of amides is 1. The van der Waals surface area contributed by atoms with Crippen LogP contribution in [0.4, 0.5) is 4.39 Å². The second-order valence-electron chi connectivity index (χ2n) is 5.85. The van der Waals surface area contributed by atoms with E-state index in [0.717, 1.165) is 19.3 Å². The highest BCUT2D eigenvalue weighted by Gasteiger charge is 2.39. The van der Waals surface area contributed by atoms with Crippen LogP contribution < -0.4 is 5.32 Å². The fraction of sp³-hybridized carbons (Fsp3) is 0.500. The van der Waals surface area contributed by atoms with E-state index in [0.29, 0.717) is 22.9 Å². The van der Waals surface area contributed by atoms with Crippen LogP contribution in [0, 0.1) is 11.2 Å². The van der Waals surface area contributed by atoms with Gasteiger partial charge in [-0.2, -0.15) is 0 Å². The number of nitrogens with one attached hydrogen (secondary N) is 1. The molecule has 0 saturated heterocycles. The Kier molecular flexibility index (Phi) is 5.56. The minimum atomic E-state index is -0.848. The first-order chi connectivity index (χ1) is 10.4. The molecular formula is C16H19BrFNO3. The van der Waals surface area contributed by atoms with Crippen molar-refractivity contribution in [3.8, 4) is 0 Å². The minimum absolute atomic E-state index is 0.0416. The summed E-state index contributed by atoms with van der Waals surface area (Å²) in [6.45, 7) is 0.139. The van der Waals surface area contributed by atoms with Crippen LogP contribution in [-0.4, -0.2) is 23.5 Å². The van der Waals surface area contributed by atoms with Gasteiger partial charge in [0.1, 0.15) is 5.82 Å². The first-order valence-corrected chi connectivity index (χ1v) is 8.16. The third-order valence-corrected chi connectivity index (χ3v) is 4.88. The third-order valence-electron chi connectivity index (χ3n) is 4.24. The molecule has 1 aromatic carbocycles. The summed E-state index contributed by atoms with van der Waals surface area (Å²) < 4.78 is 13.8. The number of carbonyl (C=O) groups is 2. The fourth-order valence-electron chi connectivity index (χ4n) is 2.86. The third kappa shape index (κ3) is 4.06. The highest BCUT2D eigenvalue weighted by molar-refractivity contribution is 9.10. The van der Waals surface area contributed by atoms with Crippen molar-refractivity contribution in [2.75, 3.05) is 6.54 Å². The van der Waals surface area contributed by atoms with Crippen LogP contribution in [0.1, 0.15) is 37.7 Å². The molecule has 0 heterocycles. The zero-order valence-electron chi connectivity index (χ0n) is 12.2. The van der Waals surface area contributed by atoms with Gasteiger partial charge in [0.15, 0.2) is 0 Å². The van der Waals surface area contributed by atoms with Gasteiger partial charge in [-0.15, -0.1) is 0 Å². The van der Waals surface area contributed by atoms with Gasteiger partial charge in [0.25, 0.3) is 0 Å². The summed E-state index contributed by atoms with van der Waals surface area (Å²) in [6.07, 6.45) is 4.02. The number of benzene rings is 1. The molecule has 6 heteroatoms. The van der Waals surface area contributed by atoms with Crippen LogP contribution in [0.5, 0.6) is 0 Å². The van der Waals surface area contributed by atoms with Crippen molar-refractivity contribution >= 4 is 27.8 Å². The smallest absolute Gasteiger partial charge is 0.311 e. The Balaban J connectivity index is 1.93. The average molecular weight is 372 g/mol. The van der Waals surface area contributed by atoms with Crippen molar-refractivity contribution in [2.45, 2.75) is 38.5 Å². The monoisotopic (exact) mass is 371 g/mol. The Morgan fingerprint density at radius 1 is 1.27 bits per heavy atom. The van der Waals surface area contributed by atoms with Crippen LogP contribution in [0.25, 0.3) is 0 Å². The Bertz CT molecular complexity index is 571. The topological polar surface area (TPSA) is 66.4 Å². The standard InChI is InChI=1S/C16H19BrFNO3/c17-12-5-4-11(8-13(12)18)9-14(20)19-10-16(15(21)22)6-2-1-3-7-16/h4-5,8H,1-3,6-7,9-10H2,(H,19,20)(H,21,22). The molecule has 120 valence electrons. The lowest BCUT2D eigenvalue weighted by Gasteiger charge is -2.33. The lowest BCUT2D eigenvalue weighted by Crippen LogP contribution is -2.44. The summed E-state index contributed by atoms with van der Waals surface area (Å²) in [5.41, 5.74) is -0.287. The molecular weight excluding hydrogens is 353 g/mol. The van der Waals surface area contributed by atoms with Crippen molar-refractivity contribution in [2.24, 2.45) is 5.41 Å². The summed E-state index contributed by atoms with van der Waals surface area (Å²) >= 11 is 3.06. The van der Waals surface area contributed by atoms with Crippen LogP contribution in [0.3, 0.4) is 0 Å². The Morgan fingerprint density at radius 2 is 1.95 bits per heavy atom. The SMILES string of the molecule is O=C(Cc1ccc(Br)c(F)c1)NCC1(C(=O)O)CCCCC1. The maximum atomic E-state index is 13.4. The van der Waals surface area contributed by atoms with Crippen LogP contribution in [-0.2, 0) is 16.0 Å². The molecule has 0 atom stereocenters. The fourth-order valence-corrected chi connectivity index (χ4v) is 3.11. The van der Waals surface area contributed by atoms with Gasteiger partial charge in [-0.3, -0.25) is 9.59 Å². The lowest BCUT2D eigenvalue weighted by atomic mass is 9.74. The first kappa shape index (κ1) is 16.9. The Labute approximate surface area is 137 Å². The second kappa shape index (κ2) is 7.22. The molecule has 0 aromatic heterocycles. The molecule has 1 aliphatic carbocycles. The molecule has 1 fully saturated rings. The molecule has 0 spiro atoms. The molecule has 22 heavy (non-hydrogen) atoms. The molecule has 0 bridgehead atoms. The summed E-state index contributed by atoms with van der Waals surface area (Å²) in [4.78, 5) is 23.5. The quantitative estimate of drug-likeness (QED) is 0.834. The molecule has 0 radical (unpaired) electrons. The van der Waals surface area contributed by atoms with Crippen molar-refractivity contribution in [1.29, 1.82) is 0 Å². The van der Waals surface area contributed by atoms with Crippen molar-refractivity contribution in [3.05, 3.63) is 34.1 Å². The number of halogens is 2. The van der Waals surface area contributed by atoms with E-state index in [4.69, 9.17) is 0 Å². The summed E-state index contributed by atoms with van der Waals surface area (Å²) in [5.74, 6) is -1.55. The number of aliphatic carboxylic acids is 1. The van der Waals surface area contributed by atoms with E-state index in [1.165, 1.54) is 6.07 Å². The molecule has 1 saturated carbocycles. The van der Waals surface area contributed by atoms with Crippen LogP contribution >= 0.6 is 15.9 Å². The Hall–Kier alpha value is -1.43. The summed E-state index contributed by atoms with van der Waals surface area (Å²) in [5, 5.41) is 12.2. The summed E-state index contributed by atoms with van der Waals surface area (Å²) in [7, 11) is 0. The molecule has 0 unspecified atom stereocenters. The number of carboxylic acids is 1. The molecule has 0 aliphatic heterocycles. The predicted octanol–water partition coefficient (Wildman–Crippen LogP) is 3.28. The first-order valence-electron chi connectivity index (χ1n) is 7.37. The zero-order valence-corrected chi connectivity index (χ0v) is 13.8. The zero-order chi connectivity index (χ0) is 16.2. The molecule has 4 nitrogen and oxygen atoms in total. The number of rotatable bonds is 5. The van der Waals surface area contributed by atoms with E-state index >= 15 is 0 Å². The van der Waals surface area contributed by atoms with E-state index in [-0.39, 0.29) is 18.9 Å². The Morgan fingerprint density at radius 3 is 2.55 bits per heavy atom. The van der Waals surface area contributed by atoms with E-state index in [1.54, 1.807) is 12.1 Å². The van der Waals surface area contributed by atoms with Crippen molar-refractivity contribution < 1.29 is 19.1 Å². The predicted molar refractivity (Wildman–Crippen MR) is 84.0 cm³/mol. The van der Waals surface area contributed by atoms with E-state index in [1.807, 2.05) is 0 Å². The van der Waals surface area contributed by atoms with Gasteiger partial charge >= 0.3 is 5.97 Å². The van der Waals surface area contributed by atoms with Gasteiger partial charge in [-0.25, -0.2) is 4.39 Å². The van der Waals surface area contributed by atoms with Crippen molar-refractivity contribution in [3.63, 3.8) is 0 Å². The van der Waals surface area contributed by atoms with Gasteiger partial charge < -0.3 is 10.4 Å². The summed E-state index contributed by atoms with van der Waals surface area (Å²) in [6, 6.07) is 4.52. The van der Waals surface area contributed by atoms with Gasteiger partial charge in [0, 0.05) is 6.54 Å². The molecule has 2 rings (SSSR count). The number of carboxylic acid groups (broad SMARTS) is 1. The molecule has 2 N–H and O–H groups in total.